The van der Waals surface area contributed by atoms with Crippen LogP contribution in [0, 0.1) is 25.5 Å². The number of pyridine rings is 2. The zero-order chi connectivity index (χ0) is 31.2. The summed E-state index contributed by atoms with van der Waals surface area (Å²) in [4.78, 5) is 24.4. The van der Waals surface area contributed by atoms with Gasteiger partial charge in [0.15, 0.2) is 17.4 Å². The number of piperazine rings is 1. The highest BCUT2D eigenvalue weighted by Crippen LogP contribution is 2.48. The van der Waals surface area contributed by atoms with Gasteiger partial charge in [0, 0.05) is 35.4 Å². The average Bonchev–Trinajstić information content (AvgIpc) is 3.19. The van der Waals surface area contributed by atoms with Crippen molar-refractivity contribution in [2.24, 2.45) is 0 Å². The lowest BCUT2D eigenvalue weighted by atomic mass is 9.93. The molecule has 0 aliphatic carbocycles. The van der Waals surface area contributed by atoms with Gasteiger partial charge in [-0.15, -0.1) is 13.2 Å². The maximum absolute atomic E-state index is 16.6. The SMILES string of the molecule is Cc1nc2c3c(nc(-c4cc(N)cc(F)c4OC(F)(F)F)c(F)c3c1C)OC(C)C1C3CCC(C(=O)OC(C)C)(CN21)N3. The summed E-state index contributed by atoms with van der Waals surface area (Å²) in [5.41, 5.74) is 4.03. The van der Waals surface area contributed by atoms with Crippen LogP contribution in [0.15, 0.2) is 12.1 Å². The van der Waals surface area contributed by atoms with Crippen molar-refractivity contribution < 1.29 is 41.0 Å². The van der Waals surface area contributed by atoms with E-state index in [1.165, 1.54) is 0 Å². The third-order valence-electron chi connectivity index (χ3n) is 8.40. The molecule has 9 nitrogen and oxygen atoms in total. The number of aryl methyl sites for hydroxylation is 2. The number of hydrogen-bond acceptors (Lipinski definition) is 9. The molecule has 0 spiro atoms. The Morgan fingerprint density at radius 1 is 1.21 bits per heavy atom. The fourth-order valence-electron chi connectivity index (χ4n) is 6.55. The summed E-state index contributed by atoms with van der Waals surface area (Å²) in [5.74, 6) is -3.91. The van der Waals surface area contributed by atoms with E-state index in [0.29, 0.717) is 36.0 Å². The molecule has 230 valence electrons. The second kappa shape index (κ2) is 9.79. The van der Waals surface area contributed by atoms with Gasteiger partial charge >= 0.3 is 12.3 Å². The van der Waals surface area contributed by atoms with Crippen LogP contribution in [0.1, 0.15) is 44.9 Å². The summed E-state index contributed by atoms with van der Waals surface area (Å²) in [6.45, 7) is 8.76. The van der Waals surface area contributed by atoms with Crippen LogP contribution >= 0.6 is 0 Å². The first-order chi connectivity index (χ1) is 20.1. The Hall–Kier alpha value is -3.94. The van der Waals surface area contributed by atoms with Gasteiger partial charge in [-0.3, -0.25) is 5.32 Å². The molecule has 5 heterocycles. The Labute approximate surface area is 243 Å². The maximum atomic E-state index is 16.6. The number of nitrogens with two attached hydrogens (primary N) is 1. The van der Waals surface area contributed by atoms with Gasteiger partial charge in [-0.05, 0) is 59.1 Å². The molecular weight excluding hydrogens is 577 g/mol. The molecule has 6 rings (SSSR count). The van der Waals surface area contributed by atoms with Crippen LogP contribution < -0.4 is 25.4 Å². The van der Waals surface area contributed by atoms with Gasteiger partial charge in [-0.1, -0.05) is 0 Å². The van der Waals surface area contributed by atoms with E-state index in [1.54, 1.807) is 34.6 Å². The second-order valence-corrected chi connectivity index (χ2v) is 11.7. The standard InChI is InChI=1S/C29H30F5N5O4/c1-11(2)41-27(40)28-7-6-18(38-28)23-14(5)42-26-20-19(12(3)13(4)36-25(20)39(23)10-28)21(31)22(37-26)16-8-15(35)9-17(30)24(16)43-29(32,33)34/h8-9,11,14,18,23,38H,6-7,10,35H2,1-5H3. The summed E-state index contributed by atoms with van der Waals surface area (Å²) < 4.78 is 87.2. The molecule has 3 aliphatic rings. The number of benzene rings is 1. The van der Waals surface area contributed by atoms with Crippen molar-refractivity contribution >= 4 is 28.2 Å². The highest BCUT2D eigenvalue weighted by Gasteiger charge is 2.57. The first-order valence-corrected chi connectivity index (χ1v) is 13.9. The summed E-state index contributed by atoms with van der Waals surface area (Å²) in [5, 5.41) is 3.62. The number of hydrogen-bond donors (Lipinski definition) is 2. The van der Waals surface area contributed by atoms with Crippen molar-refractivity contribution in [1.29, 1.82) is 0 Å². The van der Waals surface area contributed by atoms with Crippen LogP contribution in [0.5, 0.6) is 11.6 Å². The monoisotopic (exact) mass is 607 g/mol. The molecule has 4 atom stereocenters. The molecule has 0 amide bonds. The van der Waals surface area contributed by atoms with Crippen LogP contribution in [0.2, 0.25) is 0 Å². The Bertz CT molecular complexity index is 1670. The maximum Gasteiger partial charge on any atom is 0.573 e. The van der Waals surface area contributed by atoms with E-state index in [9.17, 15) is 22.4 Å². The van der Waals surface area contributed by atoms with Crippen molar-refractivity contribution in [2.75, 3.05) is 17.2 Å². The van der Waals surface area contributed by atoms with Crippen molar-refractivity contribution in [1.82, 2.24) is 15.3 Å². The number of carbonyl (C=O) groups is 1. The van der Waals surface area contributed by atoms with E-state index < -0.39 is 52.6 Å². The lowest BCUT2D eigenvalue weighted by Crippen LogP contribution is -2.70. The van der Waals surface area contributed by atoms with Crippen molar-refractivity contribution in [3.63, 3.8) is 0 Å². The van der Waals surface area contributed by atoms with Gasteiger partial charge in [-0.25, -0.2) is 23.5 Å². The first-order valence-electron chi connectivity index (χ1n) is 13.9. The van der Waals surface area contributed by atoms with Crippen LogP contribution in [0.4, 0.5) is 33.5 Å². The molecular formula is C29H30F5N5O4. The van der Waals surface area contributed by atoms with E-state index in [2.05, 4.69) is 15.0 Å². The molecule has 0 saturated carbocycles. The lowest BCUT2D eigenvalue weighted by Gasteiger charge is -2.46. The third-order valence-corrected chi connectivity index (χ3v) is 8.40. The predicted octanol–water partition coefficient (Wildman–Crippen LogP) is 5.08. The zero-order valence-corrected chi connectivity index (χ0v) is 24.0. The fraction of sp³-hybridized carbons (Fsp3) is 0.483. The van der Waals surface area contributed by atoms with Gasteiger partial charge in [0.05, 0.1) is 23.1 Å². The van der Waals surface area contributed by atoms with E-state index in [4.69, 9.17) is 20.2 Å². The number of anilines is 2. The van der Waals surface area contributed by atoms with E-state index in [1.807, 2.05) is 4.90 Å². The summed E-state index contributed by atoms with van der Waals surface area (Å²) in [6.07, 6.45) is -5.07. The fourth-order valence-corrected chi connectivity index (χ4v) is 6.55. The number of carbonyl (C=O) groups excluding carboxylic acids is 1. The number of nitrogen functional groups attached to an aromatic ring is 1. The van der Waals surface area contributed by atoms with Crippen molar-refractivity contribution in [3.05, 3.63) is 35.0 Å². The summed E-state index contributed by atoms with van der Waals surface area (Å²) >= 11 is 0. The molecule has 3 aliphatic heterocycles. The Balaban J connectivity index is 1.60. The quantitative estimate of drug-likeness (QED) is 0.238. The number of nitrogens with one attached hydrogen (secondary N) is 1. The largest absolute Gasteiger partial charge is 0.573 e. The molecule has 1 aromatic carbocycles. The molecule has 4 unspecified atom stereocenters. The molecule has 2 saturated heterocycles. The number of halogens is 5. The minimum absolute atomic E-state index is 0.0131. The number of rotatable bonds is 4. The molecule has 14 heteroatoms. The van der Waals surface area contributed by atoms with Crippen LogP contribution in [-0.2, 0) is 9.53 Å². The lowest BCUT2D eigenvalue weighted by molar-refractivity contribution is -0.275. The van der Waals surface area contributed by atoms with Gasteiger partial charge in [0.2, 0.25) is 5.88 Å². The van der Waals surface area contributed by atoms with Crippen LogP contribution in [-0.4, -0.2) is 58.7 Å². The molecule has 2 aromatic heterocycles. The Morgan fingerprint density at radius 3 is 2.60 bits per heavy atom. The Kier molecular flexibility index (Phi) is 6.64. The van der Waals surface area contributed by atoms with E-state index >= 15 is 4.39 Å². The molecule has 0 radical (unpaired) electrons. The third kappa shape index (κ3) is 4.66. The number of alkyl halides is 3. The first kappa shape index (κ1) is 29.1. The van der Waals surface area contributed by atoms with E-state index in [0.717, 1.165) is 6.07 Å². The van der Waals surface area contributed by atoms with Crippen molar-refractivity contribution in [2.45, 2.75) is 83.7 Å². The normalized spacial score (nSPS) is 24.5. The zero-order valence-electron chi connectivity index (χ0n) is 24.0. The minimum atomic E-state index is -5.28. The van der Waals surface area contributed by atoms with Crippen molar-refractivity contribution in [3.8, 4) is 22.9 Å². The Morgan fingerprint density at radius 2 is 1.93 bits per heavy atom. The number of fused-ring (bicyclic) bond motifs is 5. The van der Waals surface area contributed by atoms with Gasteiger partial charge < -0.3 is 24.8 Å². The van der Waals surface area contributed by atoms with Gasteiger partial charge in [0.1, 0.15) is 23.2 Å². The topological polar surface area (TPSA) is 112 Å². The van der Waals surface area contributed by atoms with E-state index in [-0.39, 0.29) is 47.1 Å². The van der Waals surface area contributed by atoms with Crippen LogP contribution in [0.3, 0.4) is 0 Å². The second-order valence-electron chi connectivity index (χ2n) is 11.7. The van der Waals surface area contributed by atoms with Crippen LogP contribution in [0.25, 0.3) is 22.0 Å². The predicted molar refractivity (Wildman–Crippen MR) is 147 cm³/mol. The highest BCUT2D eigenvalue weighted by atomic mass is 19.4. The summed E-state index contributed by atoms with van der Waals surface area (Å²) in [6, 6.07) is 1.02. The number of ether oxygens (including phenoxy) is 3. The van der Waals surface area contributed by atoms with Gasteiger partial charge in [0.25, 0.3) is 0 Å². The molecule has 2 bridgehead atoms. The van der Waals surface area contributed by atoms with Gasteiger partial charge in [-0.2, -0.15) is 0 Å². The molecule has 3 aromatic rings. The summed E-state index contributed by atoms with van der Waals surface area (Å²) in [7, 11) is 0. The number of nitrogens with zero attached hydrogens (tertiary/aromatic N) is 3. The number of esters is 1. The highest BCUT2D eigenvalue weighted by molar-refractivity contribution is 6.02. The smallest absolute Gasteiger partial charge is 0.472 e. The average molecular weight is 608 g/mol. The minimum Gasteiger partial charge on any atom is -0.472 e. The number of aromatic nitrogens is 2. The molecule has 43 heavy (non-hydrogen) atoms. The molecule has 2 fully saturated rings. The molecule has 3 N–H and O–H groups in total.